The third kappa shape index (κ3) is 4.68. The van der Waals surface area contributed by atoms with Crippen LogP contribution in [0.25, 0.3) is 10.8 Å². The van der Waals surface area contributed by atoms with Crippen molar-refractivity contribution in [2.24, 2.45) is 0 Å². The molecule has 1 heterocycles. The van der Waals surface area contributed by atoms with Crippen LogP contribution in [0, 0.1) is 0 Å². The summed E-state index contributed by atoms with van der Waals surface area (Å²) in [5, 5.41) is 5.16. The number of hydrogen-bond acceptors (Lipinski definition) is 4. The van der Waals surface area contributed by atoms with Crippen molar-refractivity contribution in [3.8, 4) is 5.75 Å². The average Bonchev–Trinajstić information content (AvgIpc) is 2.61. The van der Waals surface area contributed by atoms with E-state index in [2.05, 4.69) is 16.3 Å². The normalized spacial score (nSPS) is 15.5. The van der Waals surface area contributed by atoms with Crippen LogP contribution in [0.5, 0.6) is 5.75 Å². The molecule has 5 heteroatoms. The Bertz CT molecular complexity index is 654. The highest BCUT2D eigenvalue weighted by atomic mass is 16.5. The maximum absolute atomic E-state index is 11.8. The molecule has 1 amide bonds. The van der Waals surface area contributed by atoms with Crippen LogP contribution in [0.2, 0.25) is 0 Å². The first-order chi connectivity index (χ1) is 11.3. The SMILES string of the molecule is O=C(COc1ccc2ccccc2c1)NCCN1CCOCC1. The molecule has 1 saturated heterocycles. The minimum absolute atomic E-state index is 0.0431. The lowest BCUT2D eigenvalue weighted by molar-refractivity contribution is -0.123. The topological polar surface area (TPSA) is 50.8 Å². The third-order valence-corrected chi connectivity index (χ3v) is 3.94. The van der Waals surface area contributed by atoms with E-state index in [9.17, 15) is 4.79 Å². The van der Waals surface area contributed by atoms with E-state index < -0.39 is 0 Å². The Morgan fingerprint density at radius 2 is 1.91 bits per heavy atom. The van der Waals surface area contributed by atoms with E-state index in [0.29, 0.717) is 12.3 Å². The number of morpholine rings is 1. The van der Waals surface area contributed by atoms with E-state index >= 15 is 0 Å². The van der Waals surface area contributed by atoms with E-state index in [1.165, 1.54) is 0 Å². The van der Waals surface area contributed by atoms with Gasteiger partial charge in [0.15, 0.2) is 6.61 Å². The van der Waals surface area contributed by atoms with Gasteiger partial charge in [-0.3, -0.25) is 9.69 Å². The number of amides is 1. The minimum Gasteiger partial charge on any atom is -0.484 e. The molecule has 0 saturated carbocycles. The lowest BCUT2D eigenvalue weighted by Gasteiger charge is -2.26. The van der Waals surface area contributed by atoms with Crippen LogP contribution < -0.4 is 10.1 Å². The molecule has 23 heavy (non-hydrogen) atoms. The van der Waals surface area contributed by atoms with Crippen LogP contribution in [0.1, 0.15) is 0 Å². The summed E-state index contributed by atoms with van der Waals surface area (Å²) >= 11 is 0. The lowest BCUT2D eigenvalue weighted by atomic mass is 10.1. The molecule has 0 atom stereocenters. The van der Waals surface area contributed by atoms with Crippen LogP contribution in [0.3, 0.4) is 0 Å². The summed E-state index contributed by atoms with van der Waals surface area (Å²) in [6.45, 7) is 4.96. The monoisotopic (exact) mass is 314 g/mol. The number of rotatable bonds is 6. The highest BCUT2D eigenvalue weighted by Crippen LogP contribution is 2.20. The Balaban J connectivity index is 1.40. The van der Waals surface area contributed by atoms with Gasteiger partial charge < -0.3 is 14.8 Å². The van der Waals surface area contributed by atoms with Gasteiger partial charge in [-0.1, -0.05) is 30.3 Å². The Labute approximate surface area is 136 Å². The molecule has 0 aliphatic carbocycles. The molecule has 0 bridgehead atoms. The van der Waals surface area contributed by atoms with Crippen molar-refractivity contribution >= 4 is 16.7 Å². The number of hydrogen-bond donors (Lipinski definition) is 1. The van der Waals surface area contributed by atoms with Gasteiger partial charge in [0.05, 0.1) is 13.2 Å². The highest BCUT2D eigenvalue weighted by Gasteiger charge is 2.10. The van der Waals surface area contributed by atoms with Crippen molar-refractivity contribution in [3.05, 3.63) is 42.5 Å². The number of ether oxygens (including phenoxy) is 2. The zero-order valence-electron chi connectivity index (χ0n) is 13.2. The first kappa shape index (κ1) is 15.8. The van der Waals surface area contributed by atoms with Gasteiger partial charge in [-0.2, -0.15) is 0 Å². The van der Waals surface area contributed by atoms with E-state index in [-0.39, 0.29) is 12.5 Å². The molecule has 3 rings (SSSR count). The predicted octanol–water partition coefficient (Wildman–Crippen LogP) is 1.67. The number of nitrogens with zero attached hydrogens (tertiary/aromatic N) is 1. The highest BCUT2D eigenvalue weighted by molar-refractivity contribution is 5.84. The molecule has 0 unspecified atom stereocenters. The summed E-state index contributed by atoms with van der Waals surface area (Å²) in [5.74, 6) is 0.624. The van der Waals surface area contributed by atoms with Crippen molar-refractivity contribution in [3.63, 3.8) is 0 Å². The summed E-state index contributed by atoms with van der Waals surface area (Å²) in [6.07, 6.45) is 0. The van der Waals surface area contributed by atoms with Gasteiger partial charge in [-0.05, 0) is 22.9 Å². The largest absolute Gasteiger partial charge is 0.484 e. The van der Waals surface area contributed by atoms with Crippen LogP contribution >= 0.6 is 0 Å². The number of nitrogens with one attached hydrogen (secondary N) is 1. The fourth-order valence-electron chi connectivity index (χ4n) is 2.64. The van der Waals surface area contributed by atoms with Gasteiger partial charge in [0.25, 0.3) is 5.91 Å². The second kappa shape index (κ2) is 7.94. The van der Waals surface area contributed by atoms with Crippen LogP contribution in [-0.4, -0.2) is 56.8 Å². The molecular formula is C18H22N2O3. The minimum atomic E-state index is -0.0913. The van der Waals surface area contributed by atoms with Gasteiger partial charge in [0.1, 0.15) is 5.75 Å². The van der Waals surface area contributed by atoms with Gasteiger partial charge in [0, 0.05) is 26.2 Å². The maximum Gasteiger partial charge on any atom is 0.257 e. The molecule has 0 aromatic heterocycles. The Morgan fingerprint density at radius 3 is 2.74 bits per heavy atom. The summed E-state index contributed by atoms with van der Waals surface area (Å²) in [6, 6.07) is 13.9. The van der Waals surface area contributed by atoms with Crippen LogP contribution in [0.4, 0.5) is 0 Å². The number of carbonyl (C=O) groups is 1. The summed E-state index contributed by atoms with van der Waals surface area (Å²) in [4.78, 5) is 14.1. The maximum atomic E-state index is 11.8. The Morgan fingerprint density at radius 1 is 1.13 bits per heavy atom. The van der Waals surface area contributed by atoms with Gasteiger partial charge in [-0.25, -0.2) is 0 Å². The molecule has 1 N–H and O–H groups in total. The average molecular weight is 314 g/mol. The van der Waals surface area contributed by atoms with E-state index in [1.54, 1.807) is 0 Å². The smallest absolute Gasteiger partial charge is 0.257 e. The molecule has 1 aliphatic heterocycles. The van der Waals surface area contributed by atoms with Gasteiger partial charge in [0.2, 0.25) is 0 Å². The van der Waals surface area contributed by atoms with E-state index in [4.69, 9.17) is 9.47 Å². The second-order valence-corrected chi connectivity index (χ2v) is 5.60. The lowest BCUT2D eigenvalue weighted by Crippen LogP contribution is -2.42. The fourth-order valence-corrected chi connectivity index (χ4v) is 2.64. The number of benzene rings is 2. The predicted molar refractivity (Wildman–Crippen MR) is 89.7 cm³/mol. The molecule has 0 radical (unpaired) electrons. The first-order valence-electron chi connectivity index (χ1n) is 8.00. The van der Waals surface area contributed by atoms with Crippen molar-refractivity contribution in [2.75, 3.05) is 46.0 Å². The summed E-state index contributed by atoms with van der Waals surface area (Å²) in [7, 11) is 0. The zero-order chi connectivity index (χ0) is 15.9. The summed E-state index contributed by atoms with van der Waals surface area (Å²) < 4.78 is 10.9. The van der Waals surface area contributed by atoms with Gasteiger partial charge >= 0.3 is 0 Å². The van der Waals surface area contributed by atoms with E-state index in [1.807, 2.05) is 36.4 Å². The molecule has 0 spiro atoms. The quantitative estimate of drug-likeness (QED) is 0.881. The molecular weight excluding hydrogens is 292 g/mol. The fraction of sp³-hybridized carbons (Fsp3) is 0.389. The Hall–Kier alpha value is -2.11. The molecule has 1 fully saturated rings. The van der Waals surface area contributed by atoms with Crippen molar-refractivity contribution < 1.29 is 14.3 Å². The van der Waals surface area contributed by atoms with E-state index in [0.717, 1.165) is 43.6 Å². The van der Waals surface area contributed by atoms with Crippen LogP contribution in [0.15, 0.2) is 42.5 Å². The third-order valence-electron chi connectivity index (χ3n) is 3.94. The standard InChI is InChI=1S/C18H22N2O3/c21-18(19-7-8-20-9-11-22-12-10-20)14-23-17-6-5-15-3-1-2-4-16(15)13-17/h1-6,13H,7-12,14H2,(H,19,21). The van der Waals surface area contributed by atoms with Crippen molar-refractivity contribution in [2.45, 2.75) is 0 Å². The first-order valence-corrected chi connectivity index (χ1v) is 8.00. The molecule has 5 nitrogen and oxygen atoms in total. The van der Waals surface area contributed by atoms with Crippen molar-refractivity contribution in [1.82, 2.24) is 10.2 Å². The summed E-state index contributed by atoms with van der Waals surface area (Å²) in [5.41, 5.74) is 0. The van der Waals surface area contributed by atoms with Crippen LogP contribution in [-0.2, 0) is 9.53 Å². The molecule has 2 aromatic rings. The van der Waals surface area contributed by atoms with Gasteiger partial charge in [-0.15, -0.1) is 0 Å². The number of fused-ring (bicyclic) bond motifs is 1. The molecule has 2 aromatic carbocycles. The number of carbonyl (C=O) groups excluding carboxylic acids is 1. The second-order valence-electron chi connectivity index (χ2n) is 5.60. The zero-order valence-corrected chi connectivity index (χ0v) is 13.2. The Kier molecular flexibility index (Phi) is 5.45. The van der Waals surface area contributed by atoms with Crippen molar-refractivity contribution in [1.29, 1.82) is 0 Å². The molecule has 122 valence electrons. The molecule has 1 aliphatic rings.